The second kappa shape index (κ2) is 4.60. The fraction of sp³-hybridized carbons (Fsp3) is 0.167. The lowest BCUT2D eigenvalue weighted by Crippen LogP contribution is -2.04. The molecule has 3 aromatic rings. The van der Waals surface area contributed by atoms with Gasteiger partial charge in [-0.1, -0.05) is 5.16 Å². The number of halogens is 1. The van der Waals surface area contributed by atoms with Crippen LogP contribution < -0.4 is 0 Å². The van der Waals surface area contributed by atoms with Crippen molar-refractivity contribution in [2.45, 2.75) is 13.5 Å². The molecule has 1 aromatic carbocycles. The van der Waals surface area contributed by atoms with E-state index in [4.69, 9.17) is 4.52 Å². The zero-order valence-corrected chi connectivity index (χ0v) is 10.1. The van der Waals surface area contributed by atoms with Crippen molar-refractivity contribution in [3.63, 3.8) is 0 Å². The average molecular weight is 259 g/mol. The molecule has 0 unspecified atom stereocenters. The summed E-state index contributed by atoms with van der Waals surface area (Å²) in [6.45, 7) is 2.20. The molecule has 0 radical (unpaired) electrons. The Morgan fingerprint density at radius 3 is 2.74 bits per heavy atom. The second-order valence-corrected chi connectivity index (χ2v) is 3.98. The first kappa shape index (κ1) is 11.5. The number of aryl methyl sites for hydroxylation is 1. The van der Waals surface area contributed by atoms with Gasteiger partial charge in [-0.3, -0.25) is 0 Å². The highest BCUT2D eigenvalue weighted by Gasteiger charge is 2.10. The van der Waals surface area contributed by atoms with Gasteiger partial charge < -0.3 is 4.52 Å². The maximum atomic E-state index is 12.8. The van der Waals surface area contributed by atoms with Crippen LogP contribution in [0.15, 0.2) is 35.1 Å². The normalized spacial score (nSPS) is 10.8. The molecule has 0 amide bonds. The summed E-state index contributed by atoms with van der Waals surface area (Å²) in [6.07, 6.45) is 1.46. The fourth-order valence-corrected chi connectivity index (χ4v) is 1.64. The number of hydrogen-bond donors (Lipinski definition) is 0. The van der Waals surface area contributed by atoms with Gasteiger partial charge in [-0.2, -0.15) is 10.1 Å². The Kier molecular flexibility index (Phi) is 2.79. The molecule has 0 bridgehead atoms. The second-order valence-electron chi connectivity index (χ2n) is 3.98. The first-order valence-electron chi connectivity index (χ1n) is 5.65. The van der Waals surface area contributed by atoms with E-state index in [1.165, 1.54) is 18.5 Å². The number of benzene rings is 1. The first-order chi connectivity index (χ1) is 9.22. The monoisotopic (exact) mass is 259 g/mol. The highest BCUT2D eigenvalue weighted by atomic mass is 19.1. The van der Waals surface area contributed by atoms with Crippen LogP contribution in [0.2, 0.25) is 0 Å². The molecular weight excluding hydrogens is 249 g/mol. The highest BCUT2D eigenvalue weighted by molar-refractivity contribution is 5.53. The van der Waals surface area contributed by atoms with Crippen molar-refractivity contribution in [3.05, 3.63) is 48.1 Å². The van der Waals surface area contributed by atoms with E-state index in [1.54, 1.807) is 16.8 Å². The predicted molar refractivity (Wildman–Crippen MR) is 63.6 cm³/mol. The molecule has 0 fully saturated rings. The van der Waals surface area contributed by atoms with Gasteiger partial charge in [0.15, 0.2) is 0 Å². The fourth-order valence-electron chi connectivity index (χ4n) is 1.64. The third-order valence-corrected chi connectivity index (χ3v) is 2.66. The zero-order chi connectivity index (χ0) is 13.2. The molecule has 2 aromatic heterocycles. The topological polar surface area (TPSA) is 69.6 Å². The standard InChI is InChI=1S/C12H10FN5O/c1-8-14-7-15-18(8)6-11-16-12(17-19-11)9-2-4-10(13)5-3-9/h2-5,7H,6H2,1H3. The van der Waals surface area contributed by atoms with Crippen molar-refractivity contribution in [2.24, 2.45) is 0 Å². The smallest absolute Gasteiger partial charge is 0.248 e. The summed E-state index contributed by atoms with van der Waals surface area (Å²) in [6, 6.07) is 5.91. The van der Waals surface area contributed by atoms with Gasteiger partial charge >= 0.3 is 0 Å². The summed E-state index contributed by atoms with van der Waals surface area (Å²) in [5.74, 6) is 1.31. The molecule has 0 saturated carbocycles. The molecule has 0 N–H and O–H groups in total. The van der Waals surface area contributed by atoms with Crippen molar-refractivity contribution >= 4 is 0 Å². The van der Waals surface area contributed by atoms with Gasteiger partial charge in [-0.15, -0.1) is 0 Å². The number of nitrogens with zero attached hydrogens (tertiary/aromatic N) is 5. The summed E-state index contributed by atoms with van der Waals surface area (Å²) < 4.78 is 19.6. The van der Waals surface area contributed by atoms with Gasteiger partial charge in [0.2, 0.25) is 11.7 Å². The molecule has 96 valence electrons. The molecule has 0 aliphatic heterocycles. The van der Waals surface area contributed by atoms with Gasteiger partial charge in [-0.05, 0) is 31.2 Å². The molecule has 0 spiro atoms. The molecule has 7 heteroatoms. The highest BCUT2D eigenvalue weighted by Crippen LogP contribution is 2.16. The summed E-state index contributed by atoms with van der Waals surface area (Å²) in [5, 5.41) is 7.89. The lowest BCUT2D eigenvalue weighted by Gasteiger charge is -1.96. The van der Waals surface area contributed by atoms with Crippen LogP contribution >= 0.6 is 0 Å². The molecule has 2 heterocycles. The van der Waals surface area contributed by atoms with Crippen LogP contribution in [-0.2, 0) is 6.54 Å². The van der Waals surface area contributed by atoms with Crippen molar-refractivity contribution < 1.29 is 8.91 Å². The van der Waals surface area contributed by atoms with E-state index in [0.29, 0.717) is 23.8 Å². The largest absolute Gasteiger partial charge is 0.337 e. The first-order valence-corrected chi connectivity index (χ1v) is 5.65. The summed E-state index contributed by atoms with van der Waals surface area (Å²) in [4.78, 5) is 8.25. The maximum absolute atomic E-state index is 12.8. The Morgan fingerprint density at radius 2 is 2.05 bits per heavy atom. The zero-order valence-electron chi connectivity index (χ0n) is 10.1. The van der Waals surface area contributed by atoms with E-state index in [2.05, 4.69) is 20.2 Å². The lowest BCUT2D eigenvalue weighted by molar-refractivity contribution is 0.364. The maximum Gasteiger partial charge on any atom is 0.248 e. The van der Waals surface area contributed by atoms with Crippen LogP contribution in [0.1, 0.15) is 11.7 Å². The van der Waals surface area contributed by atoms with Gasteiger partial charge in [0.25, 0.3) is 0 Å². The minimum atomic E-state index is -0.300. The molecular formula is C12H10FN5O. The molecule has 19 heavy (non-hydrogen) atoms. The van der Waals surface area contributed by atoms with Crippen molar-refractivity contribution in [3.8, 4) is 11.4 Å². The van der Waals surface area contributed by atoms with E-state index in [1.807, 2.05) is 6.92 Å². The Labute approximate surface area is 107 Å². The molecule has 0 aliphatic rings. The quantitative estimate of drug-likeness (QED) is 0.717. The summed E-state index contributed by atoms with van der Waals surface area (Å²) in [7, 11) is 0. The molecule has 0 atom stereocenters. The van der Waals surface area contributed by atoms with E-state index < -0.39 is 0 Å². The average Bonchev–Trinajstić information content (AvgIpc) is 3.01. The minimum absolute atomic E-state index is 0.300. The molecule has 6 nitrogen and oxygen atoms in total. The van der Waals surface area contributed by atoms with Crippen LogP contribution in [0.3, 0.4) is 0 Å². The van der Waals surface area contributed by atoms with Crippen LogP contribution in [0.5, 0.6) is 0 Å². The molecule has 0 saturated heterocycles. The van der Waals surface area contributed by atoms with Gasteiger partial charge in [0, 0.05) is 5.56 Å². The Balaban J connectivity index is 1.83. The van der Waals surface area contributed by atoms with Gasteiger partial charge in [-0.25, -0.2) is 14.1 Å². The number of hydrogen-bond acceptors (Lipinski definition) is 5. The molecule has 0 aliphatic carbocycles. The third kappa shape index (κ3) is 2.35. The summed E-state index contributed by atoms with van der Waals surface area (Å²) >= 11 is 0. The Morgan fingerprint density at radius 1 is 1.26 bits per heavy atom. The molecule has 3 rings (SSSR count). The predicted octanol–water partition coefficient (Wildman–Crippen LogP) is 1.82. The number of rotatable bonds is 3. The van der Waals surface area contributed by atoms with Crippen molar-refractivity contribution in [1.82, 2.24) is 24.9 Å². The van der Waals surface area contributed by atoms with Crippen molar-refractivity contribution in [1.29, 1.82) is 0 Å². The van der Waals surface area contributed by atoms with Crippen LogP contribution in [-0.4, -0.2) is 24.9 Å². The van der Waals surface area contributed by atoms with Crippen molar-refractivity contribution in [2.75, 3.05) is 0 Å². The number of aromatic nitrogens is 5. The third-order valence-electron chi connectivity index (χ3n) is 2.66. The van der Waals surface area contributed by atoms with Crippen LogP contribution in [0.25, 0.3) is 11.4 Å². The van der Waals surface area contributed by atoms with Crippen LogP contribution in [0.4, 0.5) is 4.39 Å². The minimum Gasteiger partial charge on any atom is -0.337 e. The van der Waals surface area contributed by atoms with Gasteiger partial charge in [0.1, 0.15) is 24.5 Å². The van der Waals surface area contributed by atoms with E-state index >= 15 is 0 Å². The van der Waals surface area contributed by atoms with Crippen LogP contribution in [0, 0.1) is 12.7 Å². The Bertz CT molecular complexity index is 688. The van der Waals surface area contributed by atoms with E-state index in [-0.39, 0.29) is 5.82 Å². The van der Waals surface area contributed by atoms with Gasteiger partial charge in [0.05, 0.1) is 0 Å². The Hall–Kier alpha value is -2.57. The van der Waals surface area contributed by atoms with E-state index in [0.717, 1.165) is 5.82 Å². The SMILES string of the molecule is Cc1ncnn1Cc1nc(-c2ccc(F)cc2)no1. The van der Waals surface area contributed by atoms with E-state index in [9.17, 15) is 4.39 Å². The summed E-state index contributed by atoms with van der Waals surface area (Å²) in [5.41, 5.74) is 0.701. The lowest BCUT2D eigenvalue weighted by atomic mass is 10.2.